The summed E-state index contributed by atoms with van der Waals surface area (Å²) in [5, 5.41) is 3.50. The van der Waals surface area contributed by atoms with Gasteiger partial charge < -0.3 is 5.32 Å². The van der Waals surface area contributed by atoms with Crippen LogP contribution < -0.4 is 5.32 Å². The maximum absolute atomic E-state index is 3.50. The van der Waals surface area contributed by atoms with Crippen LogP contribution in [0, 0.1) is 0 Å². The summed E-state index contributed by atoms with van der Waals surface area (Å²) < 4.78 is 0. The molecule has 1 nitrogen and oxygen atoms in total. The van der Waals surface area contributed by atoms with Crippen molar-refractivity contribution in [1.82, 2.24) is 5.32 Å². The van der Waals surface area contributed by atoms with Gasteiger partial charge in [0, 0.05) is 6.04 Å². The molecule has 1 N–H and O–H groups in total. The average Bonchev–Trinajstić information content (AvgIpc) is 1.88. The van der Waals surface area contributed by atoms with Crippen molar-refractivity contribution in [3.63, 3.8) is 0 Å². The molecule has 0 radical (unpaired) electrons. The molecule has 0 amide bonds. The van der Waals surface area contributed by atoms with Crippen LogP contribution in [0.3, 0.4) is 0 Å². The van der Waals surface area contributed by atoms with E-state index < -0.39 is 0 Å². The Hall–Kier alpha value is 0.440. The molecule has 1 unspecified atom stereocenters. The normalized spacial score (nSPS) is 24.6. The second kappa shape index (κ2) is 4.35. The Labute approximate surface area is 71.7 Å². The number of rotatable bonds is 2. The van der Waals surface area contributed by atoms with E-state index in [1.165, 1.54) is 32.1 Å². The third-order valence-electron chi connectivity index (χ3n) is 2.07. The lowest BCUT2D eigenvalue weighted by molar-refractivity contribution is 0.374. The van der Waals surface area contributed by atoms with Crippen molar-refractivity contribution in [2.75, 3.05) is 0 Å². The highest BCUT2D eigenvalue weighted by atomic mass is 79.9. The zero-order valence-corrected chi connectivity index (χ0v) is 8.15. The Bertz CT molecular complexity index is 87.3. The Kier molecular flexibility index (Phi) is 3.71. The molecule has 60 valence electrons. The first-order valence-corrected chi connectivity index (χ1v) is 5.11. The molecule has 0 heterocycles. The van der Waals surface area contributed by atoms with Gasteiger partial charge in [-0.15, -0.1) is 0 Å². The fourth-order valence-electron chi connectivity index (χ4n) is 1.59. The molecule has 1 rings (SSSR count). The SMILES string of the molecule is CC(Br)NC1CCCCC1. The van der Waals surface area contributed by atoms with E-state index in [0.717, 1.165) is 6.04 Å². The van der Waals surface area contributed by atoms with Gasteiger partial charge in [0.1, 0.15) is 0 Å². The topological polar surface area (TPSA) is 12.0 Å². The maximum atomic E-state index is 3.50. The first-order valence-electron chi connectivity index (χ1n) is 4.19. The second-order valence-corrected chi connectivity index (χ2v) is 4.49. The van der Waals surface area contributed by atoms with Crippen LogP contribution in [0.25, 0.3) is 0 Å². The highest BCUT2D eigenvalue weighted by molar-refractivity contribution is 9.09. The molecular weight excluding hydrogens is 190 g/mol. The largest absolute Gasteiger partial charge is 0.302 e. The minimum atomic E-state index is 0.482. The van der Waals surface area contributed by atoms with Crippen LogP contribution in [0.2, 0.25) is 0 Å². The van der Waals surface area contributed by atoms with Crippen LogP contribution in [-0.2, 0) is 0 Å². The predicted molar refractivity (Wildman–Crippen MR) is 48.4 cm³/mol. The summed E-state index contributed by atoms with van der Waals surface area (Å²) in [5.41, 5.74) is 0. The van der Waals surface area contributed by atoms with E-state index in [0.29, 0.717) is 4.95 Å². The van der Waals surface area contributed by atoms with Gasteiger partial charge in [-0.2, -0.15) is 0 Å². The van der Waals surface area contributed by atoms with Crippen LogP contribution in [0.4, 0.5) is 0 Å². The zero-order chi connectivity index (χ0) is 7.40. The standard InChI is InChI=1S/C8H16BrN/c1-7(9)10-8-5-3-2-4-6-8/h7-8,10H,2-6H2,1H3. The summed E-state index contributed by atoms with van der Waals surface area (Å²) in [6.07, 6.45) is 7.01. The Morgan fingerprint density at radius 3 is 2.40 bits per heavy atom. The van der Waals surface area contributed by atoms with E-state index in [4.69, 9.17) is 0 Å². The Balaban J connectivity index is 2.13. The summed E-state index contributed by atoms with van der Waals surface area (Å²) in [5.74, 6) is 0. The van der Waals surface area contributed by atoms with Gasteiger partial charge in [0.25, 0.3) is 0 Å². The molecule has 0 aromatic rings. The Morgan fingerprint density at radius 1 is 1.30 bits per heavy atom. The summed E-state index contributed by atoms with van der Waals surface area (Å²) >= 11 is 3.50. The molecule has 10 heavy (non-hydrogen) atoms. The first kappa shape index (κ1) is 8.54. The van der Waals surface area contributed by atoms with Gasteiger partial charge in [0.05, 0.1) is 4.95 Å². The molecule has 0 bridgehead atoms. The van der Waals surface area contributed by atoms with Crippen LogP contribution in [0.5, 0.6) is 0 Å². The summed E-state index contributed by atoms with van der Waals surface area (Å²) in [6.45, 7) is 2.15. The quantitative estimate of drug-likeness (QED) is 0.541. The molecule has 1 atom stereocenters. The molecule has 1 aliphatic rings. The second-order valence-electron chi connectivity index (χ2n) is 3.12. The Morgan fingerprint density at radius 2 is 1.90 bits per heavy atom. The van der Waals surface area contributed by atoms with Gasteiger partial charge in [0.15, 0.2) is 0 Å². The number of hydrogen-bond donors (Lipinski definition) is 1. The van der Waals surface area contributed by atoms with Crippen molar-refractivity contribution >= 4 is 15.9 Å². The number of hydrogen-bond acceptors (Lipinski definition) is 1. The monoisotopic (exact) mass is 205 g/mol. The maximum Gasteiger partial charge on any atom is 0.0604 e. The molecule has 0 saturated heterocycles. The fourth-order valence-corrected chi connectivity index (χ4v) is 1.97. The molecular formula is C8H16BrN. The van der Waals surface area contributed by atoms with Gasteiger partial charge in [-0.1, -0.05) is 35.2 Å². The summed E-state index contributed by atoms with van der Waals surface area (Å²) in [4.78, 5) is 0.482. The zero-order valence-electron chi connectivity index (χ0n) is 6.57. The van der Waals surface area contributed by atoms with Crippen molar-refractivity contribution < 1.29 is 0 Å². The van der Waals surface area contributed by atoms with Gasteiger partial charge in [-0.3, -0.25) is 0 Å². The lowest BCUT2D eigenvalue weighted by atomic mass is 9.96. The molecule has 0 aromatic heterocycles. The molecule has 1 aliphatic carbocycles. The van der Waals surface area contributed by atoms with Crippen molar-refractivity contribution in [2.24, 2.45) is 0 Å². The van der Waals surface area contributed by atoms with Gasteiger partial charge in [-0.25, -0.2) is 0 Å². The van der Waals surface area contributed by atoms with Gasteiger partial charge in [-0.05, 0) is 19.8 Å². The van der Waals surface area contributed by atoms with Crippen molar-refractivity contribution in [1.29, 1.82) is 0 Å². The predicted octanol–water partition coefficient (Wildman–Crippen LogP) is 2.65. The number of halogens is 1. The number of nitrogens with one attached hydrogen (secondary N) is 1. The molecule has 0 spiro atoms. The molecule has 0 aliphatic heterocycles. The molecule has 1 fully saturated rings. The summed E-state index contributed by atoms with van der Waals surface area (Å²) in [6, 6.07) is 0.781. The minimum absolute atomic E-state index is 0.482. The molecule has 1 saturated carbocycles. The van der Waals surface area contributed by atoms with E-state index in [-0.39, 0.29) is 0 Å². The average molecular weight is 206 g/mol. The third-order valence-corrected chi connectivity index (χ3v) is 2.33. The van der Waals surface area contributed by atoms with E-state index in [1.54, 1.807) is 0 Å². The van der Waals surface area contributed by atoms with Crippen LogP contribution in [0.1, 0.15) is 39.0 Å². The van der Waals surface area contributed by atoms with Gasteiger partial charge >= 0.3 is 0 Å². The van der Waals surface area contributed by atoms with Crippen molar-refractivity contribution in [3.8, 4) is 0 Å². The van der Waals surface area contributed by atoms with E-state index in [9.17, 15) is 0 Å². The van der Waals surface area contributed by atoms with Crippen molar-refractivity contribution in [3.05, 3.63) is 0 Å². The lowest BCUT2D eigenvalue weighted by Crippen LogP contribution is -2.34. The minimum Gasteiger partial charge on any atom is -0.302 e. The van der Waals surface area contributed by atoms with Crippen LogP contribution in [-0.4, -0.2) is 11.0 Å². The lowest BCUT2D eigenvalue weighted by Gasteiger charge is -2.24. The highest BCUT2D eigenvalue weighted by Gasteiger charge is 2.13. The van der Waals surface area contributed by atoms with E-state index in [1.807, 2.05) is 0 Å². The third kappa shape index (κ3) is 3.02. The highest BCUT2D eigenvalue weighted by Crippen LogP contribution is 2.18. The van der Waals surface area contributed by atoms with E-state index >= 15 is 0 Å². The van der Waals surface area contributed by atoms with Crippen LogP contribution >= 0.6 is 15.9 Å². The first-order chi connectivity index (χ1) is 4.79. The summed E-state index contributed by atoms with van der Waals surface area (Å²) in [7, 11) is 0. The molecule has 0 aromatic carbocycles. The van der Waals surface area contributed by atoms with E-state index in [2.05, 4.69) is 28.2 Å². The van der Waals surface area contributed by atoms with Gasteiger partial charge in [0.2, 0.25) is 0 Å². The fraction of sp³-hybridized carbons (Fsp3) is 1.00. The van der Waals surface area contributed by atoms with Crippen molar-refractivity contribution in [2.45, 2.75) is 50.0 Å². The molecule has 2 heteroatoms. The number of alkyl halides is 1. The van der Waals surface area contributed by atoms with Crippen LogP contribution in [0.15, 0.2) is 0 Å². The smallest absolute Gasteiger partial charge is 0.0604 e.